The molecule has 0 atom stereocenters. The van der Waals surface area contributed by atoms with Crippen LogP contribution in [0.25, 0.3) is 0 Å². The summed E-state index contributed by atoms with van der Waals surface area (Å²) in [5, 5.41) is 3.40. The molecule has 0 spiro atoms. The molecule has 1 aliphatic rings. The van der Waals surface area contributed by atoms with Gasteiger partial charge < -0.3 is 5.32 Å². The van der Waals surface area contributed by atoms with Gasteiger partial charge in [0.25, 0.3) is 10.2 Å². The standard InChI is InChI=1S/C12H19N3O2S/c1-2-14-18(16,17)15-12-5-3-4-10(8-12)9-13-11-6-7-11/h3-5,8,11,13-15H,2,6-7,9H2,1H3. The van der Waals surface area contributed by atoms with Crippen molar-refractivity contribution in [1.29, 1.82) is 0 Å². The summed E-state index contributed by atoms with van der Waals surface area (Å²) in [6.07, 6.45) is 2.49. The smallest absolute Gasteiger partial charge is 0.299 e. The Kier molecular flexibility index (Phi) is 4.21. The Morgan fingerprint density at radius 1 is 1.33 bits per heavy atom. The van der Waals surface area contributed by atoms with Crippen molar-refractivity contribution in [3.63, 3.8) is 0 Å². The van der Waals surface area contributed by atoms with Crippen LogP contribution in [0, 0.1) is 0 Å². The molecule has 1 aliphatic carbocycles. The van der Waals surface area contributed by atoms with Crippen molar-refractivity contribution in [1.82, 2.24) is 10.0 Å². The SMILES string of the molecule is CCNS(=O)(=O)Nc1cccc(CNC2CC2)c1. The first kappa shape index (κ1) is 13.3. The second kappa shape index (κ2) is 5.69. The lowest BCUT2D eigenvalue weighted by atomic mass is 10.2. The van der Waals surface area contributed by atoms with E-state index < -0.39 is 10.2 Å². The number of benzene rings is 1. The van der Waals surface area contributed by atoms with Crippen molar-refractivity contribution in [3.8, 4) is 0 Å². The van der Waals surface area contributed by atoms with Gasteiger partial charge in [-0.2, -0.15) is 13.1 Å². The Morgan fingerprint density at radius 3 is 2.78 bits per heavy atom. The summed E-state index contributed by atoms with van der Waals surface area (Å²) < 4.78 is 28.0. The van der Waals surface area contributed by atoms with Gasteiger partial charge in [0.1, 0.15) is 0 Å². The van der Waals surface area contributed by atoms with E-state index in [0.717, 1.165) is 12.1 Å². The van der Waals surface area contributed by atoms with Gasteiger partial charge in [-0.1, -0.05) is 19.1 Å². The highest BCUT2D eigenvalue weighted by atomic mass is 32.2. The number of hydrogen-bond acceptors (Lipinski definition) is 3. The number of rotatable bonds is 7. The molecule has 0 aliphatic heterocycles. The van der Waals surface area contributed by atoms with Crippen LogP contribution in [0.2, 0.25) is 0 Å². The quantitative estimate of drug-likeness (QED) is 0.696. The first-order valence-corrected chi connectivity index (χ1v) is 7.67. The zero-order valence-electron chi connectivity index (χ0n) is 10.4. The van der Waals surface area contributed by atoms with Gasteiger partial charge in [0.05, 0.1) is 5.69 Å². The second-order valence-electron chi connectivity index (χ2n) is 4.46. The highest BCUT2D eigenvalue weighted by molar-refractivity contribution is 7.90. The van der Waals surface area contributed by atoms with Gasteiger partial charge in [-0.3, -0.25) is 4.72 Å². The third-order valence-electron chi connectivity index (χ3n) is 2.69. The van der Waals surface area contributed by atoms with Crippen LogP contribution < -0.4 is 14.8 Å². The topological polar surface area (TPSA) is 70.2 Å². The van der Waals surface area contributed by atoms with Crippen LogP contribution in [0.5, 0.6) is 0 Å². The molecular formula is C12H19N3O2S. The summed E-state index contributed by atoms with van der Waals surface area (Å²) in [6.45, 7) is 2.90. The van der Waals surface area contributed by atoms with Crippen LogP contribution in [0.4, 0.5) is 5.69 Å². The molecule has 1 aromatic carbocycles. The van der Waals surface area contributed by atoms with E-state index in [1.165, 1.54) is 12.8 Å². The van der Waals surface area contributed by atoms with E-state index in [0.29, 0.717) is 18.3 Å². The molecule has 0 unspecified atom stereocenters. The maximum absolute atomic E-state index is 11.5. The monoisotopic (exact) mass is 269 g/mol. The summed E-state index contributed by atoms with van der Waals surface area (Å²) >= 11 is 0. The van der Waals surface area contributed by atoms with Crippen LogP contribution in [0.1, 0.15) is 25.3 Å². The molecule has 1 saturated carbocycles. The molecule has 0 saturated heterocycles. The van der Waals surface area contributed by atoms with Crippen molar-refractivity contribution < 1.29 is 8.42 Å². The fourth-order valence-corrected chi connectivity index (χ4v) is 2.57. The third-order valence-corrected chi connectivity index (χ3v) is 3.86. The first-order valence-electron chi connectivity index (χ1n) is 6.19. The molecule has 3 N–H and O–H groups in total. The lowest BCUT2D eigenvalue weighted by Gasteiger charge is -2.09. The largest absolute Gasteiger partial charge is 0.310 e. The Morgan fingerprint density at radius 2 is 2.11 bits per heavy atom. The summed E-state index contributed by atoms with van der Waals surface area (Å²) in [6, 6.07) is 8.08. The van der Waals surface area contributed by atoms with Crippen LogP contribution in [0.3, 0.4) is 0 Å². The molecule has 0 aromatic heterocycles. The Bertz CT molecular complexity index is 498. The van der Waals surface area contributed by atoms with E-state index in [1.807, 2.05) is 18.2 Å². The highest BCUT2D eigenvalue weighted by Crippen LogP contribution is 2.20. The normalized spacial score (nSPS) is 15.6. The summed E-state index contributed by atoms with van der Waals surface area (Å²) in [5.41, 5.74) is 1.67. The Labute approximate surface area is 108 Å². The Hall–Kier alpha value is -1.11. The molecule has 1 fully saturated rings. The summed E-state index contributed by atoms with van der Waals surface area (Å²) in [7, 11) is -3.44. The minimum atomic E-state index is -3.44. The molecule has 1 aromatic rings. The van der Waals surface area contributed by atoms with Crippen LogP contribution in [-0.4, -0.2) is 21.0 Å². The highest BCUT2D eigenvalue weighted by Gasteiger charge is 2.19. The molecule has 0 radical (unpaired) electrons. The van der Waals surface area contributed by atoms with E-state index in [-0.39, 0.29) is 0 Å². The molecule has 2 rings (SSSR count). The van der Waals surface area contributed by atoms with E-state index in [4.69, 9.17) is 0 Å². The van der Waals surface area contributed by atoms with Crippen LogP contribution in [0.15, 0.2) is 24.3 Å². The van der Waals surface area contributed by atoms with Crippen molar-refractivity contribution >= 4 is 15.9 Å². The minimum Gasteiger partial charge on any atom is -0.310 e. The van der Waals surface area contributed by atoms with Gasteiger partial charge >= 0.3 is 0 Å². The van der Waals surface area contributed by atoms with Crippen molar-refractivity contribution in [3.05, 3.63) is 29.8 Å². The number of anilines is 1. The van der Waals surface area contributed by atoms with Gasteiger partial charge in [0.15, 0.2) is 0 Å². The van der Waals surface area contributed by atoms with Gasteiger partial charge in [0, 0.05) is 19.1 Å². The second-order valence-corrected chi connectivity index (χ2v) is 5.96. The summed E-state index contributed by atoms with van der Waals surface area (Å²) in [4.78, 5) is 0. The van der Waals surface area contributed by atoms with Gasteiger partial charge in [0.2, 0.25) is 0 Å². The molecule has 5 nitrogen and oxygen atoms in total. The maximum atomic E-state index is 11.5. The van der Waals surface area contributed by atoms with Gasteiger partial charge in [-0.05, 0) is 30.5 Å². The molecule has 0 amide bonds. The Balaban J connectivity index is 1.97. The zero-order valence-corrected chi connectivity index (χ0v) is 11.3. The van der Waals surface area contributed by atoms with E-state index in [9.17, 15) is 8.42 Å². The zero-order chi connectivity index (χ0) is 13.0. The maximum Gasteiger partial charge on any atom is 0.299 e. The molecule has 6 heteroatoms. The molecule has 100 valence electrons. The summed E-state index contributed by atoms with van der Waals surface area (Å²) in [5.74, 6) is 0. The van der Waals surface area contributed by atoms with Gasteiger partial charge in [-0.15, -0.1) is 0 Å². The lowest BCUT2D eigenvalue weighted by molar-refractivity contribution is 0.589. The van der Waals surface area contributed by atoms with Crippen LogP contribution in [-0.2, 0) is 16.8 Å². The fraction of sp³-hybridized carbons (Fsp3) is 0.500. The first-order chi connectivity index (χ1) is 8.59. The molecular weight excluding hydrogens is 250 g/mol. The molecule has 0 bridgehead atoms. The predicted molar refractivity (Wildman–Crippen MR) is 72.5 cm³/mol. The van der Waals surface area contributed by atoms with Gasteiger partial charge in [-0.25, -0.2) is 0 Å². The van der Waals surface area contributed by atoms with Crippen molar-refractivity contribution in [2.75, 3.05) is 11.3 Å². The third kappa shape index (κ3) is 4.29. The average Bonchev–Trinajstić information content (AvgIpc) is 3.09. The van der Waals surface area contributed by atoms with Crippen molar-refractivity contribution in [2.45, 2.75) is 32.4 Å². The molecule has 0 heterocycles. The number of nitrogens with one attached hydrogen (secondary N) is 3. The van der Waals surface area contributed by atoms with Crippen molar-refractivity contribution in [2.24, 2.45) is 0 Å². The van der Waals surface area contributed by atoms with Crippen LogP contribution >= 0.6 is 0 Å². The fourth-order valence-electron chi connectivity index (χ4n) is 1.68. The van der Waals surface area contributed by atoms with E-state index >= 15 is 0 Å². The molecule has 18 heavy (non-hydrogen) atoms. The van der Waals surface area contributed by atoms with E-state index in [1.54, 1.807) is 13.0 Å². The average molecular weight is 269 g/mol. The van der Waals surface area contributed by atoms with E-state index in [2.05, 4.69) is 14.8 Å². The predicted octanol–water partition coefficient (Wildman–Crippen LogP) is 1.20. The number of hydrogen-bond donors (Lipinski definition) is 3. The minimum absolute atomic E-state index is 0.373. The lowest BCUT2D eigenvalue weighted by Crippen LogP contribution is -2.29.